The predicted molar refractivity (Wildman–Crippen MR) is 64.6 cm³/mol. The molecule has 1 unspecified atom stereocenters. The fourth-order valence-corrected chi connectivity index (χ4v) is 3.84. The van der Waals surface area contributed by atoms with Crippen molar-refractivity contribution in [1.29, 1.82) is 0 Å². The molecule has 1 aromatic carbocycles. The average molecular weight is 267 g/mol. The van der Waals surface area contributed by atoms with E-state index in [2.05, 4.69) is 40.2 Å². The van der Waals surface area contributed by atoms with Crippen LogP contribution in [0.15, 0.2) is 24.3 Å². The summed E-state index contributed by atoms with van der Waals surface area (Å²) in [4.78, 5) is 0.473. The van der Waals surface area contributed by atoms with Crippen LogP contribution >= 0.6 is 15.9 Å². The molecule has 1 nitrogen and oxygen atoms in total. The fraction of sp³-hybridized carbons (Fsp3) is 0.538. The summed E-state index contributed by atoms with van der Waals surface area (Å²) in [6.07, 6.45) is 6.22. The molecule has 1 aromatic rings. The Morgan fingerprint density at radius 2 is 1.93 bits per heavy atom. The van der Waals surface area contributed by atoms with Gasteiger partial charge in [-0.3, -0.25) is 0 Å². The van der Waals surface area contributed by atoms with Gasteiger partial charge in [-0.1, -0.05) is 34.1 Å². The van der Waals surface area contributed by atoms with Crippen LogP contribution in [0.2, 0.25) is 0 Å². The van der Waals surface area contributed by atoms with Crippen LogP contribution in [0.25, 0.3) is 0 Å². The van der Waals surface area contributed by atoms with Crippen LogP contribution in [0.1, 0.15) is 42.5 Å². The summed E-state index contributed by atoms with van der Waals surface area (Å²) in [6, 6.07) is 8.41. The molecule has 2 heteroatoms. The highest BCUT2D eigenvalue weighted by molar-refractivity contribution is 9.09. The van der Waals surface area contributed by atoms with Crippen LogP contribution in [0.4, 0.5) is 0 Å². The van der Waals surface area contributed by atoms with Crippen molar-refractivity contribution in [2.45, 2.75) is 42.5 Å². The Kier molecular flexibility index (Phi) is 2.27. The van der Waals surface area contributed by atoms with E-state index in [0.717, 1.165) is 12.2 Å². The third-order valence-corrected chi connectivity index (χ3v) is 4.47. The summed E-state index contributed by atoms with van der Waals surface area (Å²) in [7, 11) is 0. The molecular weight excluding hydrogens is 252 g/mol. The Bertz CT molecular complexity index is 369. The molecule has 0 radical (unpaired) electrons. The summed E-state index contributed by atoms with van der Waals surface area (Å²) in [5, 5.41) is 0. The van der Waals surface area contributed by atoms with E-state index in [1.54, 1.807) is 0 Å². The van der Waals surface area contributed by atoms with Gasteiger partial charge in [0.2, 0.25) is 0 Å². The molecule has 0 aromatic heterocycles. The summed E-state index contributed by atoms with van der Waals surface area (Å²) in [5.41, 5.74) is 1.46. The molecule has 0 amide bonds. The van der Waals surface area contributed by atoms with E-state index in [4.69, 9.17) is 4.74 Å². The van der Waals surface area contributed by atoms with Gasteiger partial charge in [0.15, 0.2) is 0 Å². The lowest BCUT2D eigenvalue weighted by atomic mass is 9.89. The highest BCUT2D eigenvalue weighted by Gasteiger charge is 2.42. The van der Waals surface area contributed by atoms with Crippen LogP contribution in [-0.2, 0) is 0 Å². The summed E-state index contributed by atoms with van der Waals surface area (Å²) >= 11 is 3.79. The van der Waals surface area contributed by atoms with Crippen molar-refractivity contribution in [3.63, 3.8) is 0 Å². The van der Waals surface area contributed by atoms with Crippen LogP contribution in [0.3, 0.4) is 0 Å². The first-order chi connectivity index (χ1) is 7.29. The molecule has 0 saturated heterocycles. The largest absolute Gasteiger partial charge is 0.487 e. The number of ether oxygens (including phenoxy) is 1. The molecule has 1 saturated carbocycles. The zero-order valence-corrected chi connectivity index (χ0v) is 10.3. The number of hydrogen-bond donors (Lipinski definition) is 0. The second-order valence-electron chi connectivity index (χ2n) is 4.70. The van der Waals surface area contributed by atoms with Gasteiger partial charge in [-0.05, 0) is 31.7 Å². The predicted octanol–water partition coefficient (Wildman–Crippen LogP) is 4.22. The first kappa shape index (κ1) is 9.71. The van der Waals surface area contributed by atoms with Gasteiger partial charge in [-0.25, -0.2) is 0 Å². The second kappa shape index (κ2) is 3.51. The van der Waals surface area contributed by atoms with Gasteiger partial charge in [-0.15, -0.1) is 0 Å². The smallest absolute Gasteiger partial charge is 0.124 e. The van der Waals surface area contributed by atoms with E-state index >= 15 is 0 Å². The number of hydrogen-bond acceptors (Lipinski definition) is 1. The monoisotopic (exact) mass is 266 g/mol. The number of halogens is 1. The van der Waals surface area contributed by atoms with Crippen LogP contribution in [0.5, 0.6) is 5.75 Å². The van der Waals surface area contributed by atoms with Crippen LogP contribution in [-0.4, -0.2) is 5.60 Å². The normalized spacial score (nSPS) is 27.4. The van der Waals surface area contributed by atoms with Gasteiger partial charge in [0, 0.05) is 16.8 Å². The van der Waals surface area contributed by atoms with Crippen molar-refractivity contribution in [2.24, 2.45) is 0 Å². The standard InChI is InChI=1S/C13H15BrO/c14-11-9-13(7-3-4-8-13)15-12-6-2-1-5-10(11)12/h1-2,5-6,11H,3-4,7-9H2. The Hall–Kier alpha value is -0.500. The molecule has 1 aliphatic heterocycles. The molecule has 3 rings (SSSR count). The van der Waals surface area contributed by atoms with Gasteiger partial charge < -0.3 is 4.74 Å². The number of benzene rings is 1. The van der Waals surface area contributed by atoms with Crippen molar-refractivity contribution in [1.82, 2.24) is 0 Å². The molecule has 1 fully saturated rings. The third kappa shape index (κ3) is 1.59. The van der Waals surface area contributed by atoms with Gasteiger partial charge >= 0.3 is 0 Å². The molecule has 2 aliphatic rings. The fourth-order valence-electron chi connectivity index (χ4n) is 2.87. The molecular formula is C13H15BrO. The first-order valence-corrected chi connectivity index (χ1v) is 6.63. The first-order valence-electron chi connectivity index (χ1n) is 5.71. The topological polar surface area (TPSA) is 9.23 Å². The molecule has 80 valence electrons. The Balaban J connectivity index is 1.98. The molecule has 0 N–H and O–H groups in total. The van der Waals surface area contributed by atoms with E-state index in [1.807, 2.05) is 0 Å². The number of rotatable bonds is 0. The molecule has 1 spiro atoms. The van der Waals surface area contributed by atoms with Crippen molar-refractivity contribution in [2.75, 3.05) is 0 Å². The highest BCUT2D eigenvalue weighted by Crippen LogP contribution is 2.49. The summed E-state index contributed by atoms with van der Waals surface area (Å²) in [5.74, 6) is 1.09. The van der Waals surface area contributed by atoms with E-state index in [0.29, 0.717) is 4.83 Å². The van der Waals surface area contributed by atoms with Crippen molar-refractivity contribution in [3.05, 3.63) is 29.8 Å². The molecule has 1 atom stereocenters. The van der Waals surface area contributed by atoms with E-state index in [-0.39, 0.29) is 5.60 Å². The number of para-hydroxylation sites is 1. The average Bonchev–Trinajstić information content (AvgIpc) is 2.66. The lowest BCUT2D eigenvalue weighted by Crippen LogP contribution is -2.37. The minimum atomic E-state index is 0.141. The minimum absolute atomic E-state index is 0.141. The van der Waals surface area contributed by atoms with Gasteiger partial charge in [-0.2, -0.15) is 0 Å². The van der Waals surface area contributed by atoms with Crippen LogP contribution in [0, 0.1) is 0 Å². The SMILES string of the molecule is BrC1CC2(CCCC2)Oc2ccccc21. The summed E-state index contributed by atoms with van der Waals surface area (Å²) in [6.45, 7) is 0. The quantitative estimate of drug-likeness (QED) is 0.639. The maximum atomic E-state index is 6.22. The lowest BCUT2D eigenvalue weighted by molar-refractivity contribution is 0.0529. The number of alkyl halides is 1. The van der Waals surface area contributed by atoms with Gasteiger partial charge in [0.05, 0.1) is 0 Å². The van der Waals surface area contributed by atoms with Crippen molar-refractivity contribution >= 4 is 15.9 Å². The number of fused-ring (bicyclic) bond motifs is 1. The highest BCUT2D eigenvalue weighted by atomic mass is 79.9. The van der Waals surface area contributed by atoms with E-state index in [9.17, 15) is 0 Å². The van der Waals surface area contributed by atoms with Gasteiger partial charge in [0.25, 0.3) is 0 Å². The third-order valence-electron chi connectivity index (χ3n) is 3.65. The molecule has 0 bridgehead atoms. The van der Waals surface area contributed by atoms with E-state index in [1.165, 1.54) is 31.2 Å². The zero-order chi connectivity index (χ0) is 10.3. The Morgan fingerprint density at radius 1 is 1.20 bits per heavy atom. The second-order valence-corrected chi connectivity index (χ2v) is 5.81. The summed E-state index contributed by atoms with van der Waals surface area (Å²) < 4.78 is 6.22. The van der Waals surface area contributed by atoms with Gasteiger partial charge in [0.1, 0.15) is 11.4 Å². The molecule has 15 heavy (non-hydrogen) atoms. The van der Waals surface area contributed by atoms with E-state index < -0.39 is 0 Å². The van der Waals surface area contributed by atoms with Crippen LogP contribution < -0.4 is 4.74 Å². The van der Waals surface area contributed by atoms with Crippen molar-refractivity contribution in [3.8, 4) is 5.75 Å². The Morgan fingerprint density at radius 3 is 2.73 bits per heavy atom. The maximum absolute atomic E-state index is 6.22. The van der Waals surface area contributed by atoms with Crippen molar-refractivity contribution < 1.29 is 4.74 Å². The minimum Gasteiger partial charge on any atom is -0.487 e. The zero-order valence-electron chi connectivity index (χ0n) is 8.71. The maximum Gasteiger partial charge on any atom is 0.124 e. The Labute approximate surface area is 99.0 Å². The molecule has 1 heterocycles. The molecule has 1 aliphatic carbocycles. The lowest BCUT2D eigenvalue weighted by Gasteiger charge is -2.38.